The van der Waals surface area contributed by atoms with Crippen LogP contribution in [0.2, 0.25) is 0 Å². The van der Waals surface area contributed by atoms with Crippen LogP contribution in [0.15, 0.2) is 91.3 Å². The third-order valence-corrected chi connectivity index (χ3v) is 6.41. The lowest BCUT2D eigenvalue weighted by Crippen LogP contribution is -2.42. The molecule has 0 fully saturated rings. The SMILES string of the molecule is O=C(NCCC(c1ccccc1)c1ccccc1)N1CC=C(c2c[nH]c3ncccc23)CC1. The molecule has 0 radical (unpaired) electrons. The van der Waals surface area contributed by atoms with E-state index < -0.39 is 0 Å². The molecule has 2 aromatic carbocycles. The maximum absolute atomic E-state index is 12.8. The second-order valence-electron chi connectivity index (χ2n) is 8.42. The lowest BCUT2D eigenvalue weighted by molar-refractivity contribution is 0.203. The van der Waals surface area contributed by atoms with E-state index in [4.69, 9.17) is 0 Å². The molecule has 2 aromatic heterocycles. The molecular weight excluding hydrogens is 408 g/mol. The standard InChI is InChI=1S/C28H28N4O/c33-28(30-17-13-24(21-8-3-1-4-9-21)22-10-5-2-6-11-22)32-18-14-23(15-19-32)26-20-31-27-25(26)12-7-16-29-27/h1-12,14,16,20,24H,13,15,17-19H2,(H,29,31)(H,30,33). The van der Waals surface area contributed by atoms with Crippen molar-refractivity contribution in [3.63, 3.8) is 0 Å². The number of nitrogens with zero attached hydrogens (tertiary/aromatic N) is 2. The van der Waals surface area contributed by atoms with Crippen molar-refractivity contribution in [1.82, 2.24) is 20.2 Å². The third-order valence-electron chi connectivity index (χ3n) is 6.41. The zero-order chi connectivity index (χ0) is 22.5. The summed E-state index contributed by atoms with van der Waals surface area (Å²) in [6.07, 6.45) is 7.68. The van der Waals surface area contributed by atoms with Gasteiger partial charge in [0.05, 0.1) is 0 Å². The van der Waals surface area contributed by atoms with Gasteiger partial charge in [0, 0.05) is 48.9 Å². The quantitative estimate of drug-likeness (QED) is 0.414. The fourth-order valence-electron chi connectivity index (χ4n) is 4.65. The molecule has 1 aliphatic rings. The smallest absolute Gasteiger partial charge is 0.317 e. The van der Waals surface area contributed by atoms with Crippen LogP contribution in [-0.4, -0.2) is 40.5 Å². The van der Waals surface area contributed by atoms with Gasteiger partial charge < -0.3 is 15.2 Å². The van der Waals surface area contributed by atoms with Gasteiger partial charge >= 0.3 is 6.03 Å². The first-order chi connectivity index (χ1) is 16.3. The van der Waals surface area contributed by atoms with E-state index in [9.17, 15) is 4.79 Å². The molecule has 5 nitrogen and oxygen atoms in total. The van der Waals surface area contributed by atoms with Gasteiger partial charge in [-0.05, 0) is 41.7 Å². The molecule has 5 rings (SSSR count). The number of aromatic nitrogens is 2. The van der Waals surface area contributed by atoms with Crippen LogP contribution in [0.3, 0.4) is 0 Å². The largest absolute Gasteiger partial charge is 0.346 e. The first-order valence-electron chi connectivity index (χ1n) is 11.5. The Kier molecular flexibility index (Phi) is 6.20. The summed E-state index contributed by atoms with van der Waals surface area (Å²) in [5.74, 6) is 0.260. The Morgan fingerprint density at radius 2 is 1.73 bits per heavy atom. The van der Waals surface area contributed by atoms with Crippen molar-refractivity contribution in [1.29, 1.82) is 0 Å². The van der Waals surface area contributed by atoms with Crippen LogP contribution in [0.5, 0.6) is 0 Å². The van der Waals surface area contributed by atoms with Crippen LogP contribution in [0.4, 0.5) is 4.79 Å². The van der Waals surface area contributed by atoms with Crippen LogP contribution >= 0.6 is 0 Å². The van der Waals surface area contributed by atoms with Crippen LogP contribution in [-0.2, 0) is 0 Å². The fourth-order valence-corrected chi connectivity index (χ4v) is 4.65. The summed E-state index contributed by atoms with van der Waals surface area (Å²) in [5.41, 5.74) is 5.91. The molecule has 0 spiro atoms. The molecule has 0 atom stereocenters. The van der Waals surface area contributed by atoms with Gasteiger partial charge in [-0.2, -0.15) is 0 Å². The Bertz CT molecular complexity index is 1210. The Hall–Kier alpha value is -3.86. The van der Waals surface area contributed by atoms with Crippen LogP contribution < -0.4 is 5.32 Å². The molecule has 0 unspecified atom stereocenters. The molecule has 166 valence electrons. The van der Waals surface area contributed by atoms with Crippen molar-refractivity contribution >= 4 is 22.6 Å². The average Bonchev–Trinajstić information content (AvgIpc) is 3.32. The summed E-state index contributed by atoms with van der Waals surface area (Å²) >= 11 is 0. The first kappa shape index (κ1) is 21.0. The third kappa shape index (κ3) is 4.67. The minimum Gasteiger partial charge on any atom is -0.346 e. The number of fused-ring (bicyclic) bond motifs is 1. The number of benzene rings is 2. The summed E-state index contributed by atoms with van der Waals surface area (Å²) in [5, 5.41) is 4.28. The van der Waals surface area contributed by atoms with E-state index >= 15 is 0 Å². The second-order valence-corrected chi connectivity index (χ2v) is 8.42. The van der Waals surface area contributed by atoms with E-state index in [1.165, 1.54) is 22.3 Å². The Morgan fingerprint density at radius 1 is 1.00 bits per heavy atom. The van der Waals surface area contributed by atoms with Gasteiger partial charge in [0.15, 0.2) is 0 Å². The highest BCUT2D eigenvalue weighted by Crippen LogP contribution is 2.29. The lowest BCUT2D eigenvalue weighted by atomic mass is 9.88. The summed E-state index contributed by atoms with van der Waals surface area (Å²) in [7, 11) is 0. The van der Waals surface area contributed by atoms with E-state index in [1.54, 1.807) is 6.20 Å². The zero-order valence-electron chi connectivity index (χ0n) is 18.6. The van der Waals surface area contributed by atoms with E-state index in [-0.39, 0.29) is 11.9 Å². The minimum absolute atomic E-state index is 0.00534. The molecule has 2 N–H and O–H groups in total. The molecule has 3 heterocycles. The van der Waals surface area contributed by atoms with E-state index in [0.29, 0.717) is 19.6 Å². The normalized spacial score (nSPS) is 13.8. The number of H-pyrrole nitrogens is 1. The summed E-state index contributed by atoms with van der Waals surface area (Å²) in [6, 6.07) is 25.1. The number of urea groups is 1. The highest BCUT2D eigenvalue weighted by molar-refractivity contribution is 5.91. The number of hydrogen-bond donors (Lipinski definition) is 2. The number of pyridine rings is 1. The minimum atomic E-state index is 0.00534. The molecule has 0 aliphatic carbocycles. The lowest BCUT2D eigenvalue weighted by Gasteiger charge is -2.27. The molecule has 1 aliphatic heterocycles. The monoisotopic (exact) mass is 436 g/mol. The Morgan fingerprint density at radius 3 is 2.39 bits per heavy atom. The predicted molar refractivity (Wildman–Crippen MR) is 133 cm³/mol. The maximum Gasteiger partial charge on any atom is 0.317 e. The molecule has 4 aromatic rings. The summed E-state index contributed by atoms with van der Waals surface area (Å²) in [6.45, 7) is 1.97. The number of amides is 2. The molecular formula is C28H28N4O. The van der Waals surface area contributed by atoms with E-state index in [0.717, 1.165) is 23.9 Å². The van der Waals surface area contributed by atoms with Crippen molar-refractivity contribution in [3.8, 4) is 0 Å². The number of hydrogen-bond acceptors (Lipinski definition) is 2. The fraction of sp³-hybridized carbons (Fsp3) is 0.214. The van der Waals surface area contributed by atoms with Gasteiger partial charge in [0.25, 0.3) is 0 Å². The van der Waals surface area contributed by atoms with Crippen molar-refractivity contribution in [2.45, 2.75) is 18.8 Å². The predicted octanol–water partition coefficient (Wildman–Crippen LogP) is 5.58. The van der Waals surface area contributed by atoms with Gasteiger partial charge in [0.1, 0.15) is 5.65 Å². The number of rotatable bonds is 6. The van der Waals surface area contributed by atoms with E-state index in [1.807, 2.05) is 29.3 Å². The number of carbonyl (C=O) groups is 1. The number of carbonyl (C=O) groups excluding carboxylic acids is 1. The van der Waals surface area contributed by atoms with Gasteiger partial charge in [-0.15, -0.1) is 0 Å². The molecule has 0 bridgehead atoms. The molecule has 33 heavy (non-hydrogen) atoms. The van der Waals surface area contributed by atoms with Crippen LogP contribution in [0, 0.1) is 0 Å². The van der Waals surface area contributed by atoms with Crippen LogP contribution in [0.25, 0.3) is 16.6 Å². The van der Waals surface area contributed by atoms with Gasteiger partial charge in [-0.3, -0.25) is 0 Å². The highest BCUT2D eigenvalue weighted by atomic mass is 16.2. The van der Waals surface area contributed by atoms with Gasteiger partial charge in [0.2, 0.25) is 0 Å². The summed E-state index contributed by atoms with van der Waals surface area (Å²) in [4.78, 5) is 22.3. The average molecular weight is 437 g/mol. The molecule has 2 amide bonds. The second kappa shape index (κ2) is 9.74. The number of nitrogens with one attached hydrogen (secondary N) is 2. The molecule has 5 heteroatoms. The highest BCUT2D eigenvalue weighted by Gasteiger charge is 2.20. The van der Waals surface area contributed by atoms with Crippen molar-refractivity contribution in [2.75, 3.05) is 19.6 Å². The van der Waals surface area contributed by atoms with Crippen molar-refractivity contribution in [2.24, 2.45) is 0 Å². The topological polar surface area (TPSA) is 61.0 Å². The van der Waals surface area contributed by atoms with Crippen LogP contribution in [0.1, 0.15) is 35.4 Å². The maximum atomic E-state index is 12.8. The van der Waals surface area contributed by atoms with Gasteiger partial charge in [-0.1, -0.05) is 66.7 Å². The van der Waals surface area contributed by atoms with Gasteiger partial charge in [-0.25, -0.2) is 9.78 Å². The summed E-state index contributed by atoms with van der Waals surface area (Å²) < 4.78 is 0. The Balaban J connectivity index is 1.20. The zero-order valence-corrected chi connectivity index (χ0v) is 18.6. The molecule has 0 saturated heterocycles. The van der Waals surface area contributed by atoms with Crippen molar-refractivity contribution < 1.29 is 4.79 Å². The molecule has 0 saturated carbocycles. The first-order valence-corrected chi connectivity index (χ1v) is 11.5. The number of aromatic amines is 1. The van der Waals surface area contributed by atoms with E-state index in [2.05, 4.69) is 76.0 Å². The van der Waals surface area contributed by atoms with Crippen molar-refractivity contribution in [3.05, 3.63) is 108 Å². The Labute approximate surface area is 194 Å².